The van der Waals surface area contributed by atoms with Gasteiger partial charge in [0.05, 0.1) is 26.1 Å². The number of para-hydroxylation sites is 1. The maximum Gasteiger partial charge on any atom is 0.261 e. The molecule has 1 saturated heterocycles. The van der Waals surface area contributed by atoms with Gasteiger partial charge in [0.1, 0.15) is 5.01 Å². The first-order chi connectivity index (χ1) is 11.3. The monoisotopic (exact) mass is 344 g/mol. The molecule has 1 aliphatic heterocycles. The van der Waals surface area contributed by atoms with E-state index in [-0.39, 0.29) is 12.0 Å². The van der Waals surface area contributed by atoms with Crippen molar-refractivity contribution in [3.63, 3.8) is 0 Å². The van der Waals surface area contributed by atoms with Crippen LogP contribution in [0.1, 0.15) is 22.5 Å². The SMILES string of the molecule is O=C(NCC1CCCO1)c1ccc(-c2nc3ccccc3s2)s1. The van der Waals surface area contributed by atoms with Crippen LogP contribution in [0.4, 0.5) is 0 Å². The Morgan fingerprint density at radius 2 is 2.17 bits per heavy atom. The maximum atomic E-state index is 12.2. The van der Waals surface area contributed by atoms with Crippen molar-refractivity contribution in [3.8, 4) is 9.88 Å². The third-order valence-electron chi connectivity index (χ3n) is 3.85. The summed E-state index contributed by atoms with van der Waals surface area (Å²) in [7, 11) is 0. The van der Waals surface area contributed by atoms with Crippen LogP contribution in [0.5, 0.6) is 0 Å². The zero-order valence-corrected chi connectivity index (χ0v) is 14.1. The number of amides is 1. The van der Waals surface area contributed by atoms with Gasteiger partial charge in [-0.2, -0.15) is 0 Å². The number of rotatable bonds is 4. The Labute approximate surface area is 142 Å². The van der Waals surface area contributed by atoms with Gasteiger partial charge in [0, 0.05) is 13.2 Å². The largest absolute Gasteiger partial charge is 0.376 e. The highest BCUT2D eigenvalue weighted by atomic mass is 32.1. The molecular weight excluding hydrogens is 328 g/mol. The summed E-state index contributed by atoms with van der Waals surface area (Å²) in [4.78, 5) is 18.6. The first kappa shape index (κ1) is 14.8. The van der Waals surface area contributed by atoms with Gasteiger partial charge in [0.25, 0.3) is 5.91 Å². The molecule has 6 heteroatoms. The number of hydrogen-bond acceptors (Lipinski definition) is 5. The normalized spacial score (nSPS) is 17.7. The van der Waals surface area contributed by atoms with Crippen LogP contribution in [0.15, 0.2) is 36.4 Å². The fraction of sp³-hybridized carbons (Fsp3) is 0.294. The van der Waals surface area contributed by atoms with E-state index in [0.29, 0.717) is 6.54 Å². The fourth-order valence-electron chi connectivity index (χ4n) is 2.65. The van der Waals surface area contributed by atoms with Crippen molar-refractivity contribution in [3.05, 3.63) is 41.3 Å². The Bertz CT molecular complexity index is 801. The van der Waals surface area contributed by atoms with E-state index in [2.05, 4.69) is 16.4 Å². The Kier molecular flexibility index (Phi) is 4.11. The van der Waals surface area contributed by atoms with Crippen LogP contribution < -0.4 is 5.32 Å². The quantitative estimate of drug-likeness (QED) is 0.780. The molecule has 1 amide bonds. The number of thiophene rings is 1. The van der Waals surface area contributed by atoms with Crippen molar-refractivity contribution in [2.45, 2.75) is 18.9 Å². The van der Waals surface area contributed by atoms with Crippen molar-refractivity contribution < 1.29 is 9.53 Å². The second-order valence-corrected chi connectivity index (χ2v) is 7.61. The first-order valence-electron chi connectivity index (χ1n) is 7.65. The molecule has 118 valence electrons. The van der Waals surface area contributed by atoms with Gasteiger partial charge in [-0.05, 0) is 37.1 Å². The second-order valence-electron chi connectivity index (χ2n) is 5.50. The zero-order chi connectivity index (χ0) is 15.6. The summed E-state index contributed by atoms with van der Waals surface area (Å²) >= 11 is 3.14. The number of benzene rings is 1. The van der Waals surface area contributed by atoms with E-state index in [4.69, 9.17) is 4.74 Å². The van der Waals surface area contributed by atoms with E-state index in [9.17, 15) is 4.79 Å². The fourth-order valence-corrected chi connectivity index (χ4v) is 4.59. The number of fused-ring (bicyclic) bond motifs is 1. The third-order valence-corrected chi connectivity index (χ3v) is 6.14. The van der Waals surface area contributed by atoms with E-state index in [1.54, 1.807) is 11.3 Å². The highest BCUT2D eigenvalue weighted by Gasteiger charge is 2.18. The van der Waals surface area contributed by atoms with E-state index >= 15 is 0 Å². The number of hydrogen-bond donors (Lipinski definition) is 1. The summed E-state index contributed by atoms with van der Waals surface area (Å²) in [6.07, 6.45) is 2.28. The third kappa shape index (κ3) is 3.15. The number of thiazole rings is 1. The van der Waals surface area contributed by atoms with Gasteiger partial charge >= 0.3 is 0 Å². The van der Waals surface area contributed by atoms with Crippen molar-refractivity contribution in [1.29, 1.82) is 0 Å². The smallest absolute Gasteiger partial charge is 0.261 e. The number of ether oxygens (including phenoxy) is 1. The average Bonchev–Trinajstić information content (AvgIpc) is 3.31. The van der Waals surface area contributed by atoms with Crippen LogP contribution in [-0.4, -0.2) is 30.1 Å². The standard InChI is InChI=1S/C17H16N2O2S2/c20-16(18-10-11-4-3-9-21-11)14-7-8-15(22-14)17-19-12-5-1-2-6-13(12)23-17/h1-2,5-8,11H,3-4,9-10H2,(H,18,20). The average molecular weight is 344 g/mol. The molecule has 2 aromatic heterocycles. The molecule has 1 aromatic carbocycles. The summed E-state index contributed by atoms with van der Waals surface area (Å²) < 4.78 is 6.69. The van der Waals surface area contributed by atoms with E-state index in [0.717, 1.165) is 39.7 Å². The van der Waals surface area contributed by atoms with Gasteiger partial charge in [-0.25, -0.2) is 4.98 Å². The lowest BCUT2D eigenvalue weighted by molar-refractivity contribution is 0.0861. The molecule has 0 radical (unpaired) electrons. The van der Waals surface area contributed by atoms with Gasteiger partial charge in [0.15, 0.2) is 0 Å². The minimum Gasteiger partial charge on any atom is -0.376 e. The Morgan fingerprint density at radius 1 is 1.26 bits per heavy atom. The predicted molar refractivity (Wildman–Crippen MR) is 94.2 cm³/mol. The lowest BCUT2D eigenvalue weighted by atomic mass is 10.2. The number of nitrogens with zero attached hydrogens (tertiary/aromatic N) is 1. The highest BCUT2D eigenvalue weighted by molar-refractivity contribution is 7.26. The van der Waals surface area contributed by atoms with Crippen LogP contribution >= 0.6 is 22.7 Å². The minimum atomic E-state index is -0.0298. The number of nitrogens with one attached hydrogen (secondary N) is 1. The summed E-state index contributed by atoms with van der Waals surface area (Å²) in [5.41, 5.74) is 1.00. The molecule has 3 heterocycles. The van der Waals surface area contributed by atoms with Crippen LogP contribution in [0.3, 0.4) is 0 Å². The molecule has 1 unspecified atom stereocenters. The molecule has 0 spiro atoms. The second kappa shape index (κ2) is 6.39. The molecular formula is C17H16N2O2S2. The maximum absolute atomic E-state index is 12.2. The Morgan fingerprint density at radius 3 is 3.00 bits per heavy atom. The zero-order valence-electron chi connectivity index (χ0n) is 12.5. The minimum absolute atomic E-state index is 0.0298. The van der Waals surface area contributed by atoms with Crippen LogP contribution in [0.25, 0.3) is 20.1 Å². The summed E-state index contributed by atoms with van der Waals surface area (Å²) in [5.74, 6) is -0.0298. The van der Waals surface area contributed by atoms with E-state index in [1.165, 1.54) is 16.0 Å². The molecule has 4 rings (SSSR count). The van der Waals surface area contributed by atoms with Gasteiger partial charge in [0.2, 0.25) is 0 Å². The van der Waals surface area contributed by atoms with Gasteiger partial charge < -0.3 is 10.1 Å². The van der Waals surface area contributed by atoms with Gasteiger partial charge in [-0.1, -0.05) is 12.1 Å². The van der Waals surface area contributed by atoms with Crippen molar-refractivity contribution >= 4 is 38.8 Å². The molecule has 4 nitrogen and oxygen atoms in total. The highest BCUT2D eigenvalue weighted by Crippen LogP contribution is 2.34. The van der Waals surface area contributed by atoms with Gasteiger partial charge in [-0.15, -0.1) is 22.7 Å². The molecule has 3 aromatic rings. The summed E-state index contributed by atoms with van der Waals surface area (Å²) in [6.45, 7) is 1.40. The first-order valence-corrected chi connectivity index (χ1v) is 9.28. The Hall–Kier alpha value is -1.76. The summed E-state index contributed by atoms with van der Waals surface area (Å²) in [6, 6.07) is 11.9. The van der Waals surface area contributed by atoms with E-state index in [1.807, 2.05) is 30.3 Å². The molecule has 0 aliphatic carbocycles. The van der Waals surface area contributed by atoms with Crippen LogP contribution in [0.2, 0.25) is 0 Å². The summed E-state index contributed by atoms with van der Waals surface area (Å²) in [5, 5.41) is 3.93. The molecule has 1 N–H and O–H groups in total. The predicted octanol–water partition coefficient (Wildman–Crippen LogP) is 3.93. The lowest BCUT2D eigenvalue weighted by Crippen LogP contribution is -2.31. The molecule has 0 saturated carbocycles. The lowest BCUT2D eigenvalue weighted by Gasteiger charge is -2.09. The van der Waals surface area contributed by atoms with Crippen LogP contribution in [-0.2, 0) is 4.74 Å². The number of aromatic nitrogens is 1. The van der Waals surface area contributed by atoms with Crippen molar-refractivity contribution in [2.75, 3.05) is 13.2 Å². The molecule has 0 bridgehead atoms. The van der Waals surface area contributed by atoms with Crippen molar-refractivity contribution in [2.24, 2.45) is 0 Å². The molecule has 23 heavy (non-hydrogen) atoms. The molecule has 1 atom stereocenters. The van der Waals surface area contributed by atoms with E-state index < -0.39 is 0 Å². The van der Waals surface area contributed by atoms with Crippen LogP contribution in [0, 0.1) is 0 Å². The number of carbonyl (C=O) groups is 1. The topological polar surface area (TPSA) is 51.2 Å². The van der Waals surface area contributed by atoms with Gasteiger partial charge in [-0.3, -0.25) is 4.79 Å². The molecule has 1 fully saturated rings. The molecule has 1 aliphatic rings. The van der Waals surface area contributed by atoms with Crippen molar-refractivity contribution in [1.82, 2.24) is 10.3 Å². The Balaban J connectivity index is 1.48. The number of carbonyl (C=O) groups excluding carboxylic acids is 1.